The molecule has 4 nitrogen and oxygen atoms in total. The largest absolute Gasteiger partial charge is 0.378 e. The minimum atomic E-state index is 0.512. The van der Waals surface area contributed by atoms with E-state index in [0.29, 0.717) is 46.0 Å². The van der Waals surface area contributed by atoms with Crippen LogP contribution in [0.25, 0.3) is 0 Å². The number of hydrogen-bond donors (Lipinski definition) is 1. The van der Waals surface area contributed by atoms with Gasteiger partial charge in [-0.2, -0.15) is 0 Å². The zero-order valence-corrected chi connectivity index (χ0v) is 10.1. The van der Waals surface area contributed by atoms with Crippen molar-refractivity contribution >= 4 is 28.5 Å². The maximum absolute atomic E-state index is 5.22. The van der Waals surface area contributed by atoms with Gasteiger partial charge in [0.1, 0.15) is 0 Å². The summed E-state index contributed by atoms with van der Waals surface area (Å²) in [5.74, 6) is 0. The molecule has 74 valence electrons. The Hall–Kier alpha value is 1.00. The van der Waals surface area contributed by atoms with E-state index >= 15 is 0 Å². The van der Waals surface area contributed by atoms with Crippen LogP contribution in [-0.4, -0.2) is 39.6 Å². The Balaban J connectivity index is 2.73. The number of halogens is 1. The van der Waals surface area contributed by atoms with Gasteiger partial charge in [0.15, 0.2) is 0 Å². The zero-order valence-electron chi connectivity index (χ0n) is 6.92. The Morgan fingerprint density at radius 1 is 1.00 bits per heavy atom. The second kappa shape index (κ2) is 12.0. The fraction of sp³-hybridized carbons (Fsp3) is 1.00. The quantitative estimate of drug-likeness (QED) is 0.391. The van der Waals surface area contributed by atoms with Gasteiger partial charge in [0.2, 0.25) is 0 Å². The lowest BCUT2D eigenvalue weighted by atomic mass is 10.7. The summed E-state index contributed by atoms with van der Waals surface area (Å²) < 4.78 is 15.4. The van der Waals surface area contributed by atoms with E-state index in [0.717, 1.165) is 0 Å². The first-order valence-electron chi connectivity index (χ1n) is 3.74. The zero-order chi connectivity index (χ0) is 9.07. The molecule has 0 aromatic heterocycles. The molecule has 0 heterocycles. The third kappa shape index (κ3) is 11.0. The minimum Gasteiger partial charge on any atom is -0.378 e. The van der Waals surface area contributed by atoms with Crippen molar-refractivity contribution < 1.29 is 14.0 Å². The number of nitrogens with two attached hydrogens (primary N) is 1. The molecule has 0 aliphatic rings. The molecule has 1 atom stereocenters. The summed E-state index contributed by atoms with van der Waals surface area (Å²) >= 11 is 2.18. The molecule has 0 spiro atoms. The van der Waals surface area contributed by atoms with E-state index in [-0.39, 0.29) is 0 Å². The van der Waals surface area contributed by atoms with E-state index < -0.39 is 0 Å². The average Bonchev–Trinajstić information content (AvgIpc) is 2.10. The van der Waals surface area contributed by atoms with Crippen LogP contribution in [0, 0.1) is 0 Å². The molecule has 12 heavy (non-hydrogen) atoms. The van der Waals surface area contributed by atoms with Crippen molar-refractivity contribution in [3.8, 4) is 0 Å². The fourth-order valence-corrected chi connectivity index (χ4v) is 1.37. The maximum Gasteiger partial charge on any atom is 0.0794 e. The maximum atomic E-state index is 5.22. The van der Waals surface area contributed by atoms with Crippen molar-refractivity contribution in [2.24, 2.45) is 5.73 Å². The summed E-state index contributed by atoms with van der Waals surface area (Å²) in [6.07, 6.45) is 0. The predicted octanol–water partition coefficient (Wildman–Crippen LogP) is 0.938. The molecule has 0 bridgehead atoms. The van der Waals surface area contributed by atoms with E-state index in [1.165, 1.54) is 0 Å². The number of hydrogen-bond acceptors (Lipinski definition) is 4. The Labute approximate surface area is 87.9 Å². The molecule has 6 heteroatoms. The van der Waals surface area contributed by atoms with Gasteiger partial charge in [-0.25, -0.2) is 0 Å². The smallest absolute Gasteiger partial charge is 0.0794 e. The molecule has 0 saturated carbocycles. The third-order valence-electron chi connectivity index (χ3n) is 1.02. The summed E-state index contributed by atoms with van der Waals surface area (Å²) in [4.78, 5) is 0. The molecule has 0 amide bonds. The molecule has 2 N–H and O–H groups in total. The molecule has 0 radical (unpaired) electrons. The molecule has 0 fully saturated rings. The highest BCUT2D eigenvalue weighted by atomic mass is 127. The Morgan fingerprint density at radius 2 is 1.58 bits per heavy atom. The van der Waals surface area contributed by atoms with Crippen molar-refractivity contribution in [3.05, 3.63) is 0 Å². The normalized spacial score (nSPS) is 11.5. The lowest BCUT2D eigenvalue weighted by molar-refractivity contribution is 0.0409. The van der Waals surface area contributed by atoms with Gasteiger partial charge in [0, 0.05) is 6.54 Å². The molecule has 0 aromatic carbocycles. The van der Waals surface area contributed by atoms with Gasteiger partial charge in [-0.1, -0.05) is 0 Å². The van der Waals surface area contributed by atoms with Crippen molar-refractivity contribution in [1.82, 2.24) is 0 Å². The van der Waals surface area contributed by atoms with Crippen LogP contribution < -0.4 is 5.73 Å². The second-order valence-corrected chi connectivity index (χ2v) is 3.70. The molecule has 1 unspecified atom stereocenters. The van der Waals surface area contributed by atoms with Gasteiger partial charge in [0.25, 0.3) is 0 Å². The second-order valence-electron chi connectivity index (χ2n) is 1.94. The summed E-state index contributed by atoms with van der Waals surface area (Å²) in [5, 5.41) is 0. The van der Waals surface area contributed by atoms with Crippen LogP contribution >= 0.6 is 28.5 Å². The van der Waals surface area contributed by atoms with Gasteiger partial charge in [-0.15, -0.1) is 0 Å². The topological polar surface area (TPSA) is 53.7 Å². The summed E-state index contributed by atoms with van der Waals surface area (Å²) in [6, 6.07) is 0. The van der Waals surface area contributed by atoms with Crippen molar-refractivity contribution in [3.63, 3.8) is 0 Å². The highest BCUT2D eigenvalue weighted by molar-refractivity contribution is 14.2. The number of rotatable bonds is 9. The highest BCUT2D eigenvalue weighted by Crippen LogP contribution is 2.20. The summed E-state index contributed by atoms with van der Waals surface area (Å²) in [5.41, 5.74) is 5.22. The standard InChI is InChI=1S/C6H15INO3P/c7-12-11-6-5-10-4-3-9-2-1-8/h12H,1-6,8H2. The molecular weight excluding hydrogens is 292 g/mol. The lowest BCUT2D eigenvalue weighted by Crippen LogP contribution is -2.12. The van der Waals surface area contributed by atoms with E-state index in [9.17, 15) is 0 Å². The first-order chi connectivity index (χ1) is 5.91. The van der Waals surface area contributed by atoms with Gasteiger partial charge in [-0.05, 0) is 22.0 Å². The third-order valence-corrected chi connectivity index (χ3v) is 2.27. The Morgan fingerprint density at radius 3 is 2.17 bits per heavy atom. The highest BCUT2D eigenvalue weighted by Gasteiger charge is 1.88. The van der Waals surface area contributed by atoms with E-state index in [1.54, 1.807) is 0 Å². The molecule has 0 aliphatic carbocycles. The molecule has 0 aliphatic heterocycles. The van der Waals surface area contributed by atoms with Crippen molar-refractivity contribution in [1.29, 1.82) is 0 Å². The lowest BCUT2D eigenvalue weighted by Gasteiger charge is -2.04. The van der Waals surface area contributed by atoms with Crippen LogP contribution in [-0.2, 0) is 14.0 Å². The van der Waals surface area contributed by atoms with Crippen LogP contribution in [0.4, 0.5) is 0 Å². The monoisotopic (exact) mass is 307 g/mol. The van der Waals surface area contributed by atoms with Gasteiger partial charge < -0.3 is 19.7 Å². The number of ether oxygens (including phenoxy) is 2. The summed E-state index contributed by atoms with van der Waals surface area (Å²) in [7, 11) is 0. The first kappa shape index (κ1) is 13.0. The predicted molar refractivity (Wildman–Crippen MR) is 59.0 cm³/mol. The fourth-order valence-electron chi connectivity index (χ4n) is 0.544. The molecular formula is C6H15INO3P. The van der Waals surface area contributed by atoms with Gasteiger partial charge in [0.05, 0.1) is 39.5 Å². The first-order valence-corrected chi connectivity index (χ1v) is 7.77. The van der Waals surface area contributed by atoms with Crippen LogP contribution in [0.15, 0.2) is 0 Å². The van der Waals surface area contributed by atoms with E-state index in [2.05, 4.69) is 22.0 Å². The molecule has 0 aromatic rings. The molecule has 0 rings (SSSR count). The van der Waals surface area contributed by atoms with Gasteiger partial charge >= 0.3 is 0 Å². The van der Waals surface area contributed by atoms with E-state index in [4.69, 9.17) is 19.7 Å². The Bertz CT molecular complexity index is 79.2. The van der Waals surface area contributed by atoms with E-state index in [1.807, 2.05) is 0 Å². The average molecular weight is 307 g/mol. The van der Waals surface area contributed by atoms with Crippen LogP contribution in [0.3, 0.4) is 0 Å². The van der Waals surface area contributed by atoms with Crippen LogP contribution in [0.5, 0.6) is 0 Å². The Kier molecular flexibility index (Phi) is 13.0. The van der Waals surface area contributed by atoms with Crippen molar-refractivity contribution in [2.45, 2.75) is 0 Å². The van der Waals surface area contributed by atoms with Crippen LogP contribution in [0.1, 0.15) is 0 Å². The SMILES string of the molecule is NCCOCCOCCOPI. The minimum absolute atomic E-state index is 0.512. The molecule has 0 saturated heterocycles. The summed E-state index contributed by atoms with van der Waals surface area (Å²) in [6.45, 7) is 4.23. The van der Waals surface area contributed by atoms with Crippen LogP contribution in [0.2, 0.25) is 0 Å². The van der Waals surface area contributed by atoms with Gasteiger partial charge in [-0.3, -0.25) is 0 Å². The van der Waals surface area contributed by atoms with Crippen molar-refractivity contribution in [2.75, 3.05) is 39.6 Å².